The molecule has 0 aromatic heterocycles. The Balaban J connectivity index is -0.0000000369. The van der Waals surface area contributed by atoms with Crippen molar-refractivity contribution in [2.24, 2.45) is 0 Å². The van der Waals surface area contributed by atoms with E-state index in [1.807, 2.05) is 0 Å². The summed E-state index contributed by atoms with van der Waals surface area (Å²) in [5.74, 6) is 0. The molecule has 0 fully saturated rings. The van der Waals surface area contributed by atoms with Gasteiger partial charge in [0.05, 0.1) is 0 Å². The molecule has 0 aliphatic carbocycles. The summed E-state index contributed by atoms with van der Waals surface area (Å²) in [5, 5.41) is 60.9. The normalized spacial score (nSPS) is 8.47. The fraction of sp³-hybridized carbons (Fsp3) is 1.00. The van der Waals surface area contributed by atoms with Crippen LogP contribution in [0.3, 0.4) is 0 Å². The minimum Gasteiger partial charge on any atom is -0.368 e. The Morgan fingerprint density at radius 2 is 0.412 bits per heavy atom. The molecule has 0 aromatic rings. The molecule has 0 aromatic carbocycles. The Bertz CT molecular complexity index is 64.5. The number of rotatable bonds is 0. The van der Waals surface area contributed by atoms with Crippen LogP contribution in [-0.4, -0.2) is 89.9 Å². The standard InChI is InChI=1S/4C2H6O2.Sn/c4*1-2(3)4;/h4*2-4H,1H3;. The summed E-state index contributed by atoms with van der Waals surface area (Å²) in [4.78, 5) is 0. The molecule has 0 atom stereocenters. The molecule has 0 spiro atoms. The van der Waals surface area contributed by atoms with Crippen LogP contribution in [0, 0.1) is 0 Å². The fourth-order valence-corrected chi connectivity index (χ4v) is 0. The maximum absolute atomic E-state index is 7.61. The Kier molecular flexibility index (Phi) is 45.5. The average Bonchev–Trinajstić information content (AvgIpc) is 1.76. The zero-order chi connectivity index (χ0) is 14.3. The van der Waals surface area contributed by atoms with Gasteiger partial charge in [-0.05, 0) is 27.7 Å². The molecule has 0 aliphatic heterocycles. The van der Waals surface area contributed by atoms with Gasteiger partial charge in [-0.2, -0.15) is 0 Å². The molecule has 0 rings (SSSR count). The van der Waals surface area contributed by atoms with E-state index in [2.05, 4.69) is 0 Å². The maximum atomic E-state index is 7.61. The monoisotopic (exact) mass is 368 g/mol. The quantitative estimate of drug-likeness (QED) is 0.165. The van der Waals surface area contributed by atoms with Crippen molar-refractivity contribution in [1.29, 1.82) is 0 Å². The number of aliphatic hydroxyl groups is 8. The smallest absolute Gasteiger partial charge is 0.148 e. The molecule has 8 N–H and O–H groups in total. The van der Waals surface area contributed by atoms with Crippen LogP contribution in [-0.2, 0) is 0 Å². The van der Waals surface area contributed by atoms with Crippen molar-refractivity contribution in [1.82, 2.24) is 0 Å². The van der Waals surface area contributed by atoms with Crippen LogP contribution in [0.4, 0.5) is 0 Å². The van der Waals surface area contributed by atoms with E-state index in [-0.39, 0.29) is 23.9 Å². The molecular weight excluding hydrogens is 343 g/mol. The van der Waals surface area contributed by atoms with Crippen LogP contribution in [0.15, 0.2) is 0 Å². The van der Waals surface area contributed by atoms with E-state index in [0.717, 1.165) is 0 Å². The summed E-state index contributed by atoms with van der Waals surface area (Å²) >= 11 is 0. The van der Waals surface area contributed by atoms with Gasteiger partial charge in [-0.15, -0.1) is 0 Å². The van der Waals surface area contributed by atoms with Crippen LogP contribution < -0.4 is 0 Å². The summed E-state index contributed by atoms with van der Waals surface area (Å²) < 4.78 is 0. The third kappa shape index (κ3) is 15100. The van der Waals surface area contributed by atoms with E-state index < -0.39 is 25.2 Å². The second-order valence-electron chi connectivity index (χ2n) is 2.53. The largest absolute Gasteiger partial charge is 0.368 e. The maximum Gasteiger partial charge on any atom is 0.148 e. The van der Waals surface area contributed by atoms with Gasteiger partial charge in [-0.1, -0.05) is 0 Å². The van der Waals surface area contributed by atoms with Crippen molar-refractivity contribution >= 4 is 23.9 Å². The predicted octanol–water partition coefficient (Wildman–Crippen LogP) is -3.11. The second kappa shape index (κ2) is 25.4. The van der Waals surface area contributed by atoms with Gasteiger partial charge in [0, 0.05) is 23.9 Å². The average molecular weight is 367 g/mol. The Morgan fingerprint density at radius 3 is 0.412 bits per heavy atom. The van der Waals surface area contributed by atoms with E-state index in [9.17, 15) is 0 Å². The van der Waals surface area contributed by atoms with Crippen molar-refractivity contribution in [2.45, 2.75) is 52.9 Å². The summed E-state index contributed by atoms with van der Waals surface area (Å²) in [6.07, 6.45) is -4.67. The molecule has 0 heterocycles. The van der Waals surface area contributed by atoms with Gasteiger partial charge in [0.15, 0.2) is 0 Å². The van der Waals surface area contributed by atoms with E-state index in [0.29, 0.717) is 0 Å². The predicted molar refractivity (Wildman–Crippen MR) is 61.4 cm³/mol. The van der Waals surface area contributed by atoms with E-state index in [1.165, 1.54) is 27.7 Å². The Hall–Kier alpha value is 0.479. The summed E-state index contributed by atoms with van der Waals surface area (Å²) in [6.45, 7) is 5.11. The van der Waals surface area contributed by atoms with Crippen LogP contribution in [0.2, 0.25) is 0 Å². The zero-order valence-corrected chi connectivity index (χ0v) is 13.2. The SMILES string of the molecule is CC(O)O.CC(O)O.CC(O)O.CC(O)O.[Sn]. The summed E-state index contributed by atoms with van der Waals surface area (Å²) in [7, 11) is 0. The first-order valence-corrected chi connectivity index (χ1v) is 4.37. The molecule has 8 nitrogen and oxygen atoms in total. The van der Waals surface area contributed by atoms with Crippen molar-refractivity contribution in [3.05, 3.63) is 0 Å². The van der Waals surface area contributed by atoms with Gasteiger partial charge in [0.2, 0.25) is 0 Å². The molecule has 9 heteroatoms. The van der Waals surface area contributed by atoms with Crippen LogP contribution in [0.1, 0.15) is 27.7 Å². The van der Waals surface area contributed by atoms with Gasteiger partial charge in [0.25, 0.3) is 0 Å². The number of hydrogen-bond donors (Lipinski definition) is 8. The third-order valence-corrected chi connectivity index (χ3v) is 0. The number of hydrogen-bond acceptors (Lipinski definition) is 8. The minimum atomic E-state index is -1.17. The first kappa shape index (κ1) is 30.5. The van der Waals surface area contributed by atoms with Gasteiger partial charge in [-0.25, -0.2) is 0 Å². The molecule has 0 saturated heterocycles. The van der Waals surface area contributed by atoms with Crippen LogP contribution >= 0.6 is 0 Å². The minimum absolute atomic E-state index is 0. The molecule has 0 saturated carbocycles. The van der Waals surface area contributed by atoms with Crippen molar-refractivity contribution in [3.8, 4) is 0 Å². The molecule has 0 amide bonds. The van der Waals surface area contributed by atoms with Crippen molar-refractivity contribution < 1.29 is 40.9 Å². The van der Waals surface area contributed by atoms with Gasteiger partial charge in [-0.3, -0.25) is 0 Å². The molecule has 0 bridgehead atoms. The van der Waals surface area contributed by atoms with Gasteiger partial charge in [0.1, 0.15) is 25.2 Å². The molecule has 108 valence electrons. The Morgan fingerprint density at radius 1 is 0.412 bits per heavy atom. The van der Waals surface area contributed by atoms with E-state index >= 15 is 0 Å². The molecule has 17 heavy (non-hydrogen) atoms. The zero-order valence-electron chi connectivity index (χ0n) is 10.4. The van der Waals surface area contributed by atoms with Crippen molar-refractivity contribution in [2.75, 3.05) is 0 Å². The van der Waals surface area contributed by atoms with Crippen molar-refractivity contribution in [3.63, 3.8) is 0 Å². The van der Waals surface area contributed by atoms with Gasteiger partial charge < -0.3 is 40.9 Å². The van der Waals surface area contributed by atoms with Crippen LogP contribution in [0.5, 0.6) is 0 Å². The number of aliphatic hydroxyl groups excluding tert-OH is 4. The second-order valence-corrected chi connectivity index (χ2v) is 2.53. The van der Waals surface area contributed by atoms with Crippen LogP contribution in [0.25, 0.3) is 0 Å². The molecular formula is C8H24O8Sn. The first-order chi connectivity index (χ1) is 6.93. The molecule has 4 radical (unpaired) electrons. The van der Waals surface area contributed by atoms with E-state index in [1.54, 1.807) is 0 Å². The topological polar surface area (TPSA) is 162 Å². The third-order valence-electron chi connectivity index (χ3n) is 0. The fourth-order valence-electron chi connectivity index (χ4n) is 0. The van der Waals surface area contributed by atoms with Gasteiger partial charge >= 0.3 is 0 Å². The Labute approximate surface area is 118 Å². The summed E-state index contributed by atoms with van der Waals surface area (Å²) in [6, 6.07) is 0. The molecule has 0 aliphatic rings. The van der Waals surface area contributed by atoms with E-state index in [4.69, 9.17) is 40.9 Å². The summed E-state index contributed by atoms with van der Waals surface area (Å²) in [5.41, 5.74) is 0. The molecule has 0 unspecified atom stereocenters. The first-order valence-electron chi connectivity index (χ1n) is 4.37.